The summed E-state index contributed by atoms with van der Waals surface area (Å²) in [4.78, 5) is 0. The van der Waals surface area contributed by atoms with Crippen LogP contribution in [0.3, 0.4) is 0 Å². The first-order valence-corrected chi connectivity index (χ1v) is 9.90. The van der Waals surface area contributed by atoms with Gasteiger partial charge in [0.05, 0.1) is 12.2 Å². The number of ether oxygens (including phenoxy) is 1. The molecule has 0 amide bonds. The maximum Gasteiger partial charge on any atom is 0.140 e. The number of nitrogens with zero attached hydrogens (tertiary/aromatic N) is 1. The van der Waals surface area contributed by atoms with E-state index in [0.29, 0.717) is 11.3 Å². The van der Waals surface area contributed by atoms with E-state index in [4.69, 9.17) is 4.74 Å². The minimum Gasteiger partial charge on any atom is -0.491 e. The zero-order valence-electron chi connectivity index (χ0n) is 14.5. The number of para-hydroxylation sites is 1. The molecule has 6 rings (SSSR count). The third-order valence-electron chi connectivity index (χ3n) is 7.40. The minimum atomic E-state index is 0.411. The molecule has 0 atom stereocenters. The van der Waals surface area contributed by atoms with Crippen molar-refractivity contribution >= 4 is 0 Å². The van der Waals surface area contributed by atoms with Gasteiger partial charge >= 0.3 is 0 Å². The van der Waals surface area contributed by atoms with Crippen molar-refractivity contribution in [3.8, 4) is 11.8 Å². The van der Waals surface area contributed by atoms with Crippen molar-refractivity contribution in [1.82, 2.24) is 0 Å². The van der Waals surface area contributed by atoms with Gasteiger partial charge in [-0.25, -0.2) is 0 Å². The van der Waals surface area contributed by atoms with Crippen LogP contribution < -0.4 is 4.74 Å². The molecular weight excluding hydrogens is 294 g/mol. The third-order valence-corrected chi connectivity index (χ3v) is 7.40. The highest BCUT2D eigenvalue weighted by Crippen LogP contribution is 2.60. The summed E-state index contributed by atoms with van der Waals surface area (Å²) in [5, 5.41) is 9.55. The van der Waals surface area contributed by atoms with Crippen molar-refractivity contribution < 1.29 is 4.74 Å². The van der Waals surface area contributed by atoms with Gasteiger partial charge in [0.2, 0.25) is 0 Å². The highest BCUT2D eigenvalue weighted by molar-refractivity contribution is 5.50. The van der Waals surface area contributed by atoms with Gasteiger partial charge in [-0.2, -0.15) is 5.26 Å². The Hall–Kier alpha value is -1.49. The second-order valence-corrected chi connectivity index (χ2v) is 9.17. The average molecular weight is 321 g/mol. The zero-order valence-corrected chi connectivity index (χ0v) is 14.5. The number of hydrogen-bond donors (Lipinski definition) is 0. The molecule has 2 nitrogen and oxygen atoms in total. The number of benzene rings is 1. The molecule has 5 aliphatic carbocycles. The van der Waals surface area contributed by atoms with Gasteiger partial charge in [-0.15, -0.1) is 0 Å². The summed E-state index contributed by atoms with van der Waals surface area (Å²) in [6.45, 7) is 0.842. The molecule has 0 unspecified atom stereocenters. The van der Waals surface area contributed by atoms with Crippen LogP contribution in [0.15, 0.2) is 18.2 Å². The Morgan fingerprint density at radius 3 is 2.25 bits per heavy atom. The zero-order chi connectivity index (χ0) is 16.1. The van der Waals surface area contributed by atoms with E-state index < -0.39 is 0 Å². The van der Waals surface area contributed by atoms with Crippen molar-refractivity contribution in [3.63, 3.8) is 0 Å². The van der Waals surface area contributed by atoms with E-state index >= 15 is 0 Å². The van der Waals surface area contributed by atoms with E-state index in [1.54, 1.807) is 0 Å². The normalized spacial score (nSPS) is 37.0. The molecule has 1 aromatic rings. The Bertz CT molecular complexity index is 646. The Morgan fingerprint density at radius 1 is 1.04 bits per heavy atom. The molecule has 0 radical (unpaired) electrons. The van der Waals surface area contributed by atoms with Crippen LogP contribution >= 0.6 is 0 Å². The first kappa shape index (κ1) is 14.8. The summed E-state index contributed by atoms with van der Waals surface area (Å²) in [5.74, 6) is 4.40. The van der Waals surface area contributed by atoms with E-state index in [1.165, 1.54) is 63.4 Å². The van der Waals surface area contributed by atoms with Crippen LogP contribution in [0.4, 0.5) is 0 Å². The fraction of sp³-hybridized carbons (Fsp3) is 0.682. The lowest BCUT2D eigenvalue weighted by Gasteiger charge is -2.56. The topological polar surface area (TPSA) is 33.0 Å². The van der Waals surface area contributed by atoms with E-state index in [9.17, 15) is 5.26 Å². The Balaban J connectivity index is 1.39. The fourth-order valence-electron chi connectivity index (χ4n) is 6.54. The highest BCUT2D eigenvalue weighted by atomic mass is 16.5. The van der Waals surface area contributed by atoms with Crippen molar-refractivity contribution in [1.29, 1.82) is 5.26 Å². The van der Waals surface area contributed by atoms with Crippen molar-refractivity contribution in [2.75, 3.05) is 6.61 Å². The van der Waals surface area contributed by atoms with Gasteiger partial charge < -0.3 is 4.74 Å². The molecule has 2 heteroatoms. The average Bonchev–Trinajstić information content (AvgIpc) is 2.50. The smallest absolute Gasteiger partial charge is 0.140 e. The molecule has 24 heavy (non-hydrogen) atoms. The quantitative estimate of drug-likeness (QED) is 0.741. The first-order chi connectivity index (χ1) is 11.7. The van der Waals surface area contributed by atoms with Gasteiger partial charge in [-0.3, -0.25) is 0 Å². The van der Waals surface area contributed by atoms with E-state index in [1.807, 2.05) is 12.1 Å². The molecule has 0 heterocycles. The monoisotopic (exact) mass is 321 g/mol. The van der Waals surface area contributed by atoms with E-state index in [-0.39, 0.29) is 0 Å². The Kier molecular flexibility index (Phi) is 3.40. The lowest BCUT2D eigenvalue weighted by atomic mass is 9.50. The SMILES string of the molecule is N#Cc1cccc(C2CCC2)c1OCC12CC3CC(CC(C3)C1)C2. The van der Waals surface area contributed by atoms with Crippen LogP contribution in [0, 0.1) is 34.5 Å². The maximum absolute atomic E-state index is 9.55. The number of rotatable bonds is 4. The van der Waals surface area contributed by atoms with Gasteiger partial charge in [0, 0.05) is 5.41 Å². The molecule has 5 aliphatic rings. The van der Waals surface area contributed by atoms with E-state index in [2.05, 4.69) is 12.1 Å². The maximum atomic E-state index is 9.55. The molecule has 5 saturated carbocycles. The first-order valence-electron chi connectivity index (χ1n) is 9.90. The second-order valence-electron chi connectivity index (χ2n) is 9.17. The van der Waals surface area contributed by atoms with Crippen molar-refractivity contribution in [2.45, 2.75) is 63.7 Å². The van der Waals surface area contributed by atoms with Crippen LogP contribution in [-0.2, 0) is 0 Å². The van der Waals surface area contributed by atoms with Crippen LogP contribution in [0.2, 0.25) is 0 Å². The van der Waals surface area contributed by atoms with Gasteiger partial charge in [-0.1, -0.05) is 18.6 Å². The molecule has 0 saturated heterocycles. The fourth-order valence-corrected chi connectivity index (χ4v) is 6.54. The lowest BCUT2D eigenvalue weighted by molar-refractivity contribution is -0.0747. The highest BCUT2D eigenvalue weighted by Gasteiger charge is 2.51. The second kappa shape index (κ2) is 5.51. The predicted molar refractivity (Wildman–Crippen MR) is 93.8 cm³/mol. The van der Waals surface area contributed by atoms with Gasteiger partial charge in [0.15, 0.2) is 0 Å². The Morgan fingerprint density at radius 2 is 1.71 bits per heavy atom. The van der Waals surface area contributed by atoms with Gasteiger partial charge in [-0.05, 0) is 86.7 Å². The largest absolute Gasteiger partial charge is 0.491 e. The molecule has 0 aromatic heterocycles. The third kappa shape index (κ3) is 2.36. The molecule has 5 fully saturated rings. The van der Waals surface area contributed by atoms with E-state index in [0.717, 1.165) is 35.7 Å². The van der Waals surface area contributed by atoms with Crippen LogP contribution in [0.1, 0.15) is 74.8 Å². The molecule has 1 aromatic carbocycles. The summed E-state index contributed by atoms with van der Waals surface area (Å²) in [5.41, 5.74) is 2.45. The van der Waals surface area contributed by atoms with Crippen molar-refractivity contribution in [2.24, 2.45) is 23.2 Å². The lowest BCUT2D eigenvalue weighted by Crippen LogP contribution is -2.48. The van der Waals surface area contributed by atoms with Crippen molar-refractivity contribution in [3.05, 3.63) is 29.3 Å². The molecule has 0 aliphatic heterocycles. The standard InChI is InChI=1S/C22H27NO/c23-13-19-5-2-6-20(18-3-1-4-18)21(19)24-14-22-10-15-7-16(11-22)9-17(8-15)12-22/h2,5-6,15-18H,1,3-4,7-12,14H2. The summed E-state index contributed by atoms with van der Waals surface area (Å²) in [6, 6.07) is 8.53. The summed E-state index contributed by atoms with van der Waals surface area (Å²) >= 11 is 0. The Labute approximate surface area is 145 Å². The van der Waals surface area contributed by atoms with Crippen LogP contribution in [0.25, 0.3) is 0 Å². The summed E-state index contributed by atoms with van der Waals surface area (Å²) in [6.07, 6.45) is 12.3. The number of nitriles is 1. The molecule has 0 spiro atoms. The van der Waals surface area contributed by atoms with Crippen LogP contribution in [-0.4, -0.2) is 6.61 Å². The minimum absolute atomic E-state index is 0.411. The molecule has 0 N–H and O–H groups in total. The predicted octanol–water partition coefficient (Wildman–Crippen LogP) is 5.42. The summed E-state index contributed by atoms with van der Waals surface area (Å²) in [7, 11) is 0. The molecular formula is C22H27NO. The summed E-state index contributed by atoms with van der Waals surface area (Å²) < 4.78 is 6.48. The van der Waals surface area contributed by atoms with Crippen LogP contribution in [0.5, 0.6) is 5.75 Å². The molecule has 4 bridgehead atoms. The van der Waals surface area contributed by atoms with Gasteiger partial charge in [0.1, 0.15) is 11.8 Å². The van der Waals surface area contributed by atoms with Gasteiger partial charge in [0.25, 0.3) is 0 Å². The molecule has 126 valence electrons. The number of hydrogen-bond acceptors (Lipinski definition) is 2.